The Bertz CT molecular complexity index is 1190. The standard InChI is InChI=1S/C30H35N5O4/c1-3-25(36)32-18-22-14-15-23-16-17-24(35(23)30(39)27(22)34-28(37)19(2)31)29(38)33-26(20-10-6-4-7-11-20)21-12-8-5-9-13-21/h1,4-13,19,22-24,26-27H,14-18,31H2,2H3,(H,32,36)(H,33,38)(H,34,37)/t19-,22+,23-,24-,27-/m0/s1. The Kier molecular flexibility index (Phi) is 8.99. The molecule has 9 nitrogen and oxygen atoms in total. The quantitative estimate of drug-likeness (QED) is 0.382. The Hall–Kier alpha value is -4.16. The first-order valence-corrected chi connectivity index (χ1v) is 13.3. The summed E-state index contributed by atoms with van der Waals surface area (Å²) >= 11 is 0. The first-order chi connectivity index (χ1) is 18.8. The van der Waals surface area contributed by atoms with Crippen LogP contribution in [-0.4, -0.2) is 59.2 Å². The molecule has 2 aliphatic rings. The SMILES string of the molecule is C#CC(=O)NC[C@H]1CC[C@H]2CC[C@@H](C(=O)NC(c3ccccc3)c3ccccc3)N2C(=O)[C@H]1NC(=O)[C@H](C)N. The summed E-state index contributed by atoms with van der Waals surface area (Å²) in [5, 5.41) is 8.59. The lowest BCUT2D eigenvalue weighted by atomic mass is 9.92. The zero-order chi connectivity index (χ0) is 27.9. The van der Waals surface area contributed by atoms with E-state index in [0.29, 0.717) is 25.7 Å². The van der Waals surface area contributed by atoms with E-state index in [9.17, 15) is 19.2 Å². The van der Waals surface area contributed by atoms with E-state index in [-0.39, 0.29) is 30.4 Å². The van der Waals surface area contributed by atoms with Gasteiger partial charge in [0.1, 0.15) is 12.1 Å². The molecule has 2 heterocycles. The molecule has 0 saturated carbocycles. The van der Waals surface area contributed by atoms with E-state index in [4.69, 9.17) is 12.2 Å². The van der Waals surface area contributed by atoms with Gasteiger partial charge >= 0.3 is 0 Å². The number of rotatable bonds is 8. The molecule has 0 aliphatic carbocycles. The molecule has 0 radical (unpaired) electrons. The van der Waals surface area contributed by atoms with E-state index in [1.54, 1.807) is 4.90 Å². The van der Waals surface area contributed by atoms with Crippen LogP contribution in [0, 0.1) is 18.3 Å². The van der Waals surface area contributed by atoms with E-state index in [0.717, 1.165) is 11.1 Å². The Morgan fingerprint density at radius 2 is 1.59 bits per heavy atom. The predicted molar refractivity (Wildman–Crippen MR) is 147 cm³/mol. The van der Waals surface area contributed by atoms with Gasteiger partial charge in [0, 0.05) is 18.5 Å². The number of benzene rings is 2. The van der Waals surface area contributed by atoms with Gasteiger partial charge in [0.25, 0.3) is 5.91 Å². The van der Waals surface area contributed by atoms with E-state index in [1.807, 2.05) is 66.6 Å². The van der Waals surface area contributed by atoms with Crippen molar-refractivity contribution >= 4 is 23.6 Å². The maximum atomic E-state index is 14.0. The van der Waals surface area contributed by atoms with Crippen LogP contribution in [0.1, 0.15) is 49.8 Å². The van der Waals surface area contributed by atoms with Gasteiger partial charge in [-0.2, -0.15) is 0 Å². The van der Waals surface area contributed by atoms with Crippen LogP contribution in [0.5, 0.6) is 0 Å². The smallest absolute Gasteiger partial charge is 0.295 e. The molecule has 5 N–H and O–H groups in total. The van der Waals surface area contributed by atoms with Crippen LogP contribution in [0.2, 0.25) is 0 Å². The van der Waals surface area contributed by atoms with E-state index in [1.165, 1.54) is 6.92 Å². The molecule has 5 atom stereocenters. The second-order valence-electron chi connectivity index (χ2n) is 10.2. The summed E-state index contributed by atoms with van der Waals surface area (Å²) in [5.41, 5.74) is 7.64. The highest BCUT2D eigenvalue weighted by molar-refractivity contribution is 5.95. The van der Waals surface area contributed by atoms with Gasteiger partial charge < -0.3 is 26.6 Å². The highest BCUT2D eigenvalue weighted by Crippen LogP contribution is 2.34. The third kappa shape index (κ3) is 6.47. The molecular formula is C30H35N5O4. The summed E-state index contributed by atoms with van der Waals surface area (Å²) < 4.78 is 0. The van der Waals surface area contributed by atoms with Crippen molar-refractivity contribution in [3.63, 3.8) is 0 Å². The van der Waals surface area contributed by atoms with Gasteiger partial charge in [-0.05, 0) is 49.7 Å². The lowest BCUT2D eigenvalue weighted by Crippen LogP contribution is -2.58. The molecule has 204 valence electrons. The number of nitrogens with two attached hydrogens (primary N) is 1. The highest BCUT2D eigenvalue weighted by atomic mass is 16.2. The normalized spacial score (nSPS) is 23.2. The minimum absolute atomic E-state index is 0.125. The lowest BCUT2D eigenvalue weighted by Gasteiger charge is -2.33. The number of amides is 4. The molecule has 2 saturated heterocycles. The second-order valence-corrected chi connectivity index (χ2v) is 10.2. The van der Waals surface area contributed by atoms with E-state index < -0.39 is 35.9 Å². The Labute approximate surface area is 228 Å². The second kappa shape index (κ2) is 12.6. The maximum absolute atomic E-state index is 14.0. The van der Waals surface area contributed by atoms with Gasteiger partial charge in [-0.1, -0.05) is 60.7 Å². The molecule has 2 aliphatic heterocycles. The van der Waals surface area contributed by atoms with Gasteiger partial charge in [-0.3, -0.25) is 19.2 Å². The van der Waals surface area contributed by atoms with Crippen LogP contribution in [0.15, 0.2) is 60.7 Å². The van der Waals surface area contributed by atoms with E-state index in [2.05, 4.69) is 16.0 Å². The summed E-state index contributed by atoms with van der Waals surface area (Å²) in [6.07, 6.45) is 7.57. The molecule has 0 bridgehead atoms. The van der Waals surface area contributed by atoms with Gasteiger partial charge in [0.05, 0.1) is 12.1 Å². The number of terminal acetylenes is 1. The third-order valence-corrected chi connectivity index (χ3v) is 7.59. The number of carbonyl (C=O) groups is 4. The van der Waals surface area contributed by atoms with Crippen molar-refractivity contribution in [1.29, 1.82) is 0 Å². The van der Waals surface area contributed by atoms with Gasteiger partial charge in [0.15, 0.2) is 0 Å². The van der Waals surface area contributed by atoms with Gasteiger partial charge in [0.2, 0.25) is 17.7 Å². The van der Waals surface area contributed by atoms with Crippen LogP contribution >= 0.6 is 0 Å². The van der Waals surface area contributed by atoms with Crippen LogP contribution in [0.3, 0.4) is 0 Å². The molecule has 4 rings (SSSR count). The summed E-state index contributed by atoms with van der Waals surface area (Å²) in [7, 11) is 0. The zero-order valence-electron chi connectivity index (χ0n) is 22.0. The van der Waals surface area contributed by atoms with Crippen molar-refractivity contribution < 1.29 is 19.2 Å². The minimum Gasteiger partial charge on any atom is -0.345 e. The fraction of sp³-hybridized carbons (Fsp3) is 0.400. The summed E-state index contributed by atoms with van der Waals surface area (Å²) in [6.45, 7) is 1.66. The maximum Gasteiger partial charge on any atom is 0.295 e. The molecule has 9 heteroatoms. The van der Waals surface area contributed by atoms with Crippen LogP contribution in [0.25, 0.3) is 0 Å². The summed E-state index contributed by atoms with van der Waals surface area (Å²) in [4.78, 5) is 53.7. The Morgan fingerprint density at radius 1 is 1.00 bits per heavy atom. The first-order valence-electron chi connectivity index (χ1n) is 13.3. The highest BCUT2D eigenvalue weighted by Gasteiger charge is 2.47. The fourth-order valence-corrected chi connectivity index (χ4v) is 5.54. The van der Waals surface area contributed by atoms with Crippen molar-refractivity contribution in [2.45, 2.75) is 62.8 Å². The summed E-state index contributed by atoms with van der Waals surface area (Å²) in [5.74, 6) is -0.0525. The Morgan fingerprint density at radius 3 is 2.15 bits per heavy atom. The fourth-order valence-electron chi connectivity index (χ4n) is 5.54. The number of hydrogen-bond donors (Lipinski definition) is 4. The topological polar surface area (TPSA) is 134 Å². The molecule has 0 spiro atoms. The molecule has 39 heavy (non-hydrogen) atoms. The molecular weight excluding hydrogens is 494 g/mol. The molecule has 2 fully saturated rings. The number of carbonyl (C=O) groups excluding carboxylic acids is 4. The number of nitrogens with zero attached hydrogens (tertiary/aromatic N) is 1. The zero-order valence-corrected chi connectivity index (χ0v) is 22.0. The lowest BCUT2D eigenvalue weighted by molar-refractivity contribution is -0.143. The average molecular weight is 530 g/mol. The molecule has 2 aromatic carbocycles. The van der Waals surface area contributed by atoms with E-state index >= 15 is 0 Å². The van der Waals surface area contributed by atoms with Crippen LogP contribution < -0.4 is 21.7 Å². The average Bonchev–Trinajstić information content (AvgIpc) is 3.34. The van der Waals surface area contributed by atoms with Crippen molar-refractivity contribution in [1.82, 2.24) is 20.9 Å². The van der Waals surface area contributed by atoms with Crippen molar-refractivity contribution in [3.05, 3.63) is 71.8 Å². The molecule has 0 aromatic heterocycles. The predicted octanol–water partition coefficient (Wildman–Crippen LogP) is 1.24. The monoisotopic (exact) mass is 529 g/mol. The summed E-state index contributed by atoms with van der Waals surface area (Å²) in [6, 6.07) is 16.4. The largest absolute Gasteiger partial charge is 0.345 e. The molecule has 0 unspecified atom stereocenters. The molecule has 4 amide bonds. The molecule has 2 aromatic rings. The van der Waals surface area contributed by atoms with Crippen LogP contribution in [0.4, 0.5) is 0 Å². The minimum atomic E-state index is -0.945. The Balaban J connectivity index is 1.59. The first kappa shape index (κ1) is 27.9. The third-order valence-electron chi connectivity index (χ3n) is 7.59. The van der Waals surface area contributed by atoms with Crippen LogP contribution in [-0.2, 0) is 19.2 Å². The van der Waals surface area contributed by atoms with Crippen molar-refractivity contribution in [3.8, 4) is 12.3 Å². The number of fused-ring (bicyclic) bond motifs is 1. The van der Waals surface area contributed by atoms with Gasteiger partial charge in [-0.25, -0.2) is 0 Å². The number of nitrogens with one attached hydrogen (secondary N) is 3. The van der Waals surface area contributed by atoms with Gasteiger partial charge in [-0.15, -0.1) is 6.42 Å². The number of hydrogen-bond acceptors (Lipinski definition) is 5. The van der Waals surface area contributed by atoms with Crippen molar-refractivity contribution in [2.75, 3.05) is 6.54 Å². The van der Waals surface area contributed by atoms with Crippen molar-refractivity contribution in [2.24, 2.45) is 11.7 Å².